The third-order valence-corrected chi connectivity index (χ3v) is 0.961. The zero-order valence-corrected chi connectivity index (χ0v) is 5.01. The van der Waals surface area contributed by atoms with E-state index >= 15 is 0 Å². The Morgan fingerprint density at radius 2 is 1.36 bits per heavy atom. The first-order chi connectivity index (χ1) is 5.04. The highest BCUT2D eigenvalue weighted by Crippen LogP contribution is 1.50. The SMILES string of the molecule is O=c1[nH]c(=O)n(O)c(=O)n1O. The molecule has 0 aliphatic heterocycles. The topological polar surface area (TPSA) is 117 Å². The molecule has 1 aromatic rings. The summed E-state index contributed by atoms with van der Waals surface area (Å²) in [4.78, 5) is 32.6. The lowest BCUT2D eigenvalue weighted by molar-refractivity contribution is 0.0877. The normalized spacial score (nSPS) is 9.82. The number of aromatic nitrogens is 3. The van der Waals surface area contributed by atoms with E-state index < -0.39 is 26.5 Å². The average molecular weight is 161 g/mol. The Kier molecular flexibility index (Phi) is 1.30. The van der Waals surface area contributed by atoms with Gasteiger partial charge in [-0.1, -0.05) is 9.46 Å². The van der Waals surface area contributed by atoms with Crippen LogP contribution in [0.1, 0.15) is 0 Å². The summed E-state index contributed by atoms with van der Waals surface area (Å²) >= 11 is 0. The van der Waals surface area contributed by atoms with Gasteiger partial charge < -0.3 is 10.4 Å². The van der Waals surface area contributed by atoms with Crippen LogP contribution in [0.4, 0.5) is 0 Å². The van der Waals surface area contributed by atoms with Gasteiger partial charge in [-0.15, -0.1) is 0 Å². The van der Waals surface area contributed by atoms with Gasteiger partial charge in [0.05, 0.1) is 0 Å². The first kappa shape index (κ1) is 7.12. The van der Waals surface area contributed by atoms with Gasteiger partial charge in [0.1, 0.15) is 0 Å². The van der Waals surface area contributed by atoms with Crippen molar-refractivity contribution in [1.82, 2.24) is 14.4 Å². The van der Waals surface area contributed by atoms with Gasteiger partial charge in [0.15, 0.2) is 0 Å². The summed E-state index contributed by atoms with van der Waals surface area (Å²) in [6, 6.07) is 0. The molecule has 1 rings (SSSR count). The van der Waals surface area contributed by atoms with Crippen molar-refractivity contribution < 1.29 is 10.4 Å². The summed E-state index contributed by atoms with van der Waals surface area (Å²) in [7, 11) is 0. The van der Waals surface area contributed by atoms with Crippen LogP contribution in [-0.4, -0.2) is 24.9 Å². The van der Waals surface area contributed by atoms with Gasteiger partial charge in [0.2, 0.25) is 0 Å². The second kappa shape index (κ2) is 2.01. The van der Waals surface area contributed by atoms with Crippen LogP contribution in [0, 0.1) is 0 Å². The molecule has 0 saturated carbocycles. The van der Waals surface area contributed by atoms with Crippen LogP contribution in [0.2, 0.25) is 0 Å². The predicted octanol–water partition coefficient (Wildman–Crippen LogP) is -2.83. The summed E-state index contributed by atoms with van der Waals surface area (Å²) in [6.07, 6.45) is 0. The number of hydrogen-bond donors (Lipinski definition) is 3. The molecule has 8 nitrogen and oxygen atoms in total. The van der Waals surface area contributed by atoms with E-state index in [4.69, 9.17) is 10.4 Å². The minimum atomic E-state index is -1.52. The molecule has 0 unspecified atom stereocenters. The number of nitrogens with zero attached hydrogens (tertiary/aromatic N) is 2. The largest absolute Gasteiger partial charge is 0.420 e. The number of hydrogen-bond acceptors (Lipinski definition) is 5. The van der Waals surface area contributed by atoms with E-state index in [0.717, 1.165) is 0 Å². The maximum atomic E-state index is 10.4. The van der Waals surface area contributed by atoms with Crippen molar-refractivity contribution >= 4 is 0 Å². The molecule has 1 heterocycles. The van der Waals surface area contributed by atoms with Crippen LogP contribution in [-0.2, 0) is 0 Å². The Balaban J connectivity index is 3.89. The highest BCUT2D eigenvalue weighted by atomic mass is 16.5. The maximum Gasteiger partial charge on any atom is 0.403 e. The van der Waals surface area contributed by atoms with Crippen molar-refractivity contribution in [2.45, 2.75) is 0 Å². The summed E-state index contributed by atoms with van der Waals surface area (Å²) in [6.45, 7) is 0. The lowest BCUT2D eigenvalue weighted by Crippen LogP contribution is -2.47. The van der Waals surface area contributed by atoms with Crippen LogP contribution in [0.3, 0.4) is 0 Å². The Hall–Kier alpha value is -1.99. The molecular formula is C3H3N3O5. The first-order valence-electron chi connectivity index (χ1n) is 2.41. The van der Waals surface area contributed by atoms with Gasteiger partial charge in [-0.3, -0.25) is 4.98 Å². The molecule has 0 atom stereocenters. The van der Waals surface area contributed by atoms with Crippen LogP contribution in [0.5, 0.6) is 0 Å². The van der Waals surface area contributed by atoms with Crippen molar-refractivity contribution in [3.63, 3.8) is 0 Å². The van der Waals surface area contributed by atoms with E-state index in [-0.39, 0.29) is 0 Å². The Labute approximate surface area is 57.5 Å². The van der Waals surface area contributed by atoms with E-state index in [1.54, 1.807) is 0 Å². The van der Waals surface area contributed by atoms with E-state index in [0.29, 0.717) is 0 Å². The smallest absolute Gasteiger partial charge is 0.403 e. The molecular weight excluding hydrogens is 158 g/mol. The van der Waals surface area contributed by atoms with Crippen LogP contribution < -0.4 is 17.1 Å². The fourth-order valence-electron chi connectivity index (χ4n) is 0.461. The third kappa shape index (κ3) is 0.892. The minimum absolute atomic E-state index is 0.429. The molecule has 0 aliphatic carbocycles. The monoisotopic (exact) mass is 161 g/mol. The van der Waals surface area contributed by atoms with Crippen molar-refractivity contribution in [3.8, 4) is 0 Å². The molecule has 3 N–H and O–H groups in total. The third-order valence-electron chi connectivity index (χ3n) is 0.961. The van der Waals surface area contributed by atoms with E-state index in [1.165, 1.54) is 4.98 Å². The molecule has 1 aromatic heterocycles. The van der Waals surface area contributed by atoms with E-state index in [1.807, 2.05) is 0 Å². The highest BCUT2D eigenvalue weighted by Gasteiger charge is 2.04. The van der Waals surface area contributed by atoms with Crippen LogP contribution >= 0.6 is 0 Å². The zero-order valence-electron chi connectivity index (χ0n) is 5.01. The van der Waals surface area contributed by atoms with Gasteiger partial charge >= 0.3 is 17.1 Å². The van der Waals surface area contributed by atoms with Crippen molar-refractivity contribution in [3.05, 3.63) is 31.5 Å². The molecule has 8 heteroatoms. The summed E-state index contributed by atoms with van der Waals surface area (Å²) in [5.41, 5.74) is -4.12. The zero-order chi connectivity index (χ0) is 8.59. The van der Waals surface area contributed by atoms with Gasteiger partial charge in [0.25, 0.3) is 0 Å². The number of nitrogens with one attached hydrogen (secondary N) is 1. The molecule has 11 heavy (non-hydrogen) atoms. The first-order valence-corrected chi connectivity index (χ1v) is 2.41. The quantitative estimate of drug-likeness (QED) is 0.354. The summed E-state index contributed by atoms with van der Waals surface area (Å²) in [5, 5.41) is 16.9. The number of aromatic amines is 1. The van der Waals surface area contributed by atoms with Gasteiger partial charge in [-0.2, -0.15) is 0 Å². The maximum absolute atomic E-state index is 10.4. The second-order valence-corrected chi connectivity index (χ2v) is 1.64. The van der Waals surface area contributed by atoms with Crippen molar-refractivity contribution in [2.75, 3.05) is 0 Å². The standard InChI is InChI=1S/C3H3N3O5/c7-1-4-2(8)6(11)3(9)5(1)10/h10-11H,(H,4,7,8). The predicted molar refractivity (Wildman–Crippen MR) is 30.0 cm³/mol. The van der Waals surface area contributed by atoms with Crippen molar-refractivity contribution in [1.29, 1.82) is 0 Å². The molecule has 60 valence electrons. The fourth-order valence-corrected chi connectivity index (χ4v) is 0.461. The van der Waals surface area contributed by atoms with E-state index in [9.17, 15) is 14.4 Å². The summed E-state index contributed by atoms with van der Waals surface area (Å²) in [5.74, 6) is 0. The number of rotatable bonds is 0. The van der Waals surface area contributed by atoms with E-state index in [2.05, 4.69) is 0 Å². The minimum Gasteiger partial charge on any atom is -0.420 e. The molecule has 0 amide bonds. The Bertz CT molecular complexity index is 398. The summed E-state index contributed by atoms with van der Waals surface area (Å²) < 4.78 is -0.858. The van der Waals surface area contributed by atoms with Gasteiger partial charge in [0, 0.05) is 0 Å². The Morgan fingerprint density at radius 3 is 1.73 bits per heavy atom. The van der Waals surface area contributed by atoms with Gasteiger partial charge in [-0.05, 0) is 0 Å². The second-order valence-electron chi connectivity index (χ2n) is 1.64. The Morgan fingerprint density at radius 1 is 1.00 bits per heavy atom. The molecule has 0 saturated heterocycles. The average Bonchev–Trinajstić information content (AvgIpc) is 1.97. The van der Waals surface area contributed by atoms with Crippen LogP contribution in [0.25, 0.3) is 0 Å². The molecule has 0 fully saturated rings. The molecule has 0 radical (unpaired) electrons. The van der Waals surface area contributed by atoms with Crippen LogP contribution in [0.15, 0.2) is 14.4 Å². The number of H-pyrrole nitrogens is 1. The molecule has 0 aliphatic rings. The highest BCUT2D eigenvalue weighted by molar-refractivity contribution is 4.65. The molecule has 0 bridgehead atoms. The van der Waals surface area contributed by atoms with Crippen molar-refractivity contribution in [2.24, 2.45) is 0 Å². The molecule has 0 aromatic carbocycles. The fraction of sp³-hybridized carbons (Fsp3) is 0. The lowest BCUT2D eigenvalue weighted by Gasteiger charge is -1.93. The van der Waals surface area contributed by atoms with Gasteiger partial charge in [-0.25, -0.2) is 14.4 Å². The molecule has 0 spiro atoms. The lowest BCUT2D eigenvalue weighted by atomic mass is 11.0.